The van der Waals surface area contributed by atoms with Gasteiger partial charge >= 0.3 is 0 Å². The van der Waals surface area contributed by atoms with E-state index in [0.29, 0.717) is 6.42 Å². The number of hydrogen-bond donors (Lipinski definition) is 3. The Labute approximate surface area is 125 Å². The van der Waals surface area contributed by atoms with Crippen LogP contribution in [0.5, 0.6) is 0 Å². The molecule has 0 saturated carbocycles. The Balaban J connectivity index is 4.94. The summed E-state index contributed by atoms with van der Waals surface area (Å²) in [5, 5.41) is 13.8. The molecule has 7 heteroatoms. The van der Waals surface area contributed by atoms with E-state index in [-0.39, 0.29) is 18.2 Å². The van der Waals surface area contributed by atoms with Crippen LogP contribution in [0, 0.1) is 23.2 Å². The molecule has 118 valence electrons. The minimum atomic E-state index is -0.930. The molecule has 7 nitrogen and oxygen atoms in total. The fourth-order valence-corrected chi connectivity index (χ4v) is 1.96. The third-order valence-electron chi connectivity index (χ3n) is 2.99. The van der Waals surface area contributed by atoms with Crippen molar-refractivity contribution < 1.29 is 14.4 Å². The molecule has 0 aromatic carbocycles. The summed E-state index contributed by atoms with van der Waals surface area (Å²) in [4.78, 5) is 34.8. The number of nitrogens with two attached hydrogens (primary N) is 1. The number of carbonyl (C=O) groups excluding carboxylic acids is 3. The highest BCUT2D eigenvalue weighted by Gasteiger charge is 2.28. The number of hydrogen-bond acceptors (Lipinski definition) is 4. The zero-order valence-corrected chi connectivity index (χ0v) is 13.0. The van der Waals surface area contributed by atoms with Gasteiger partial charge in [-0.05, 0) is 18.3 Å². The van der Waals surface area contributed by atoms with Gasteiger partial charge < -0.3 is 16.4 Å². The Hall–Kier alpha value is -2.10. The molecule has 0 bridgehead atoms. The first kappa shape index (κ1) is 18.9. The molecule has 0 fully saturated rings. The summed E-state index contributed by atoms with van der Waals surface area (Å²) in [7, 11) is 0. The number of rotatable bonds is 8. The molecule has 3 atom stereocenters. The van der Waals surface area contributed by atoms with E-state index in [1.807, 2.05) is 19.9 Å². The van der Waals surface area contributed by atoms with Gasteiger partial charge in [0.25, 0.3) is 0 Å². The van der Waals surface area contributed by atoms with Gasteiger partial charge in [0.15, 0.2) is 0 Å². The van der Waals surface area contributed by atoms with Gasteiger partial charge in [0.2, 0.25) is 17.7 Å². The monoisotopic (exact) mass is 296 g/mol. The molecule has 0 aliphatic heterocycles. The van der Waals surface area contributed by atoms with Crippen molar-refractivity contribution in [3.05, 3.63) is 0 Å². The van der Waals surface area contributed by atoms with E-state index in [1.165, 1.54) is 6.92 Å². The maximum Gasteiger partial charge on any atom is 0.243 e. The SMILES string of the molecule is CC(=O)N[C@@H](CC(C)C)C(=O)N[C@@H](C(N)=O)[C@@H](C)CC#N. The van der Waals surface area contributed by atoms with Crippen molar-refractivity contribution in [2.24, 2.45) is 17.6 Å². The Morgan fingerprint density at radius 3 is 2.14 bits per heavy atom. The van der Waals surface area contributed by atoms with Crippen LogP contribution in [0.25, 0.3) is 0 Å². The number of amides is 3. The van der Waals surface area contributed by atoms with Crippen molar-refractivity contribution in [2.75, 3.05) is 0 Å². The van der Waals surface area contributed by atoms with Crippen LogP contribution in [-0.2, 0) is 14.4 Å². The van der Waals surface area contributed by atoms with Crippen LogP contribution in [0.3, 0.4) is 0 Å². The smallest absolute Gasteiger partial charge is 0.243 e. The topological polar surface area (TPSA) is 125 Å². The van der Waals surface area contributed by atoms with Gasteiger partial charge in [-0.15, -0.1) is 0 Å². The first-order valence-corrected chi connectivity index (χ1v) is 6.92. The Morgan fingerprint density at radius 1 is 1.19 bits per heavy atom. The molecule has 0 heterocycles. The predicted octanol–water partition coefficient (Wildman–Crippen LogP) is 0.0571. The summed E-state index contributed by atoms with van der Waals surface area (Å²) < 4.78 is 0. The van der Waals surface area contributed by atoms with Crippen LogP contribution in [0.15, 0.2) is 0 Å². The largest absolute Gasteiger partial charge is 0.368 e. The Morgan fingerprint density at radius 2 is 1.76 bits per heavy atom. The molecule has 0 aliphatic carbocycles. The number of nitriles is 1. The van der Waals surface area contributed by atoms with E-state index in [0.717, 1.165) is 0 Å². The second-order valence-corrected chi connectivity index (χ2v) is 5.61. The quantitative estimate of drug-likeness (QED) is 0.585. The third-order valence-corrected chi connectivity index (χ3v) is 2.99. The van der Waals surface area contributed by atoms with Gasteiger partial charge in [-0.2, -0.15) is 5.26 Å². The third kappa shape index (κ3) is 7.30. The molecule has 0 spiro atoms. The fourth-order valence-electron chi connectivity index (χ4n) is 1.96. The lowest BCUT2D eigenvalue weighted by Gasteiger charge is -2.25. The highest BCUT2D eigenvalue weighted by molar-refractivity contribution is 5.91. The average molecular weight is 296 g/mol. The summed E-state index contributed by atoms with van der Waals surface area (Å²) in [5.74, 6) is -1.69. The zero-order valence-electron chi connectivity index (χ0n) is 13.0. The first-order valence-electron chi connectivity index (χ1n) is 6.92. The molecule has 21 heavy (non-hydrogen) atoms. The van der Waals surface area contributed by atoms with Crippen molar-refractivity contribution >= 4 is 17.7 Å². The van der Waals surface area contributed by atoms with Crippen LogP contribution in [0.2, 0.25) is 0 Å². The van der Waals surface area contributed by atoms with E-state index in [9.17, 15) is 14.4 Å². The van der Waals surface area contributed by atoms with Gasteiger partial charge in [-0.1, -0.05) is 20.8 Å². The van der Waals surface area contributed by atoms with E-state index < -0.39 is 29.8 Å². The first-order chi connectivity index (χ1) is 9.68. The molecule has 0 rings (SSSR count). The van der Waals surface area contributed by atoms with Crippen LogP contribution in [0.4, 0.5) is 0 Å². The van der Waals surface area contributed by atoms with Gasteiger partial charge in [-0.3, -0.25) is 14.4 Å². The number of nitrogens with one attached hydrogen (secondary N) is 2. The molecule has 0 aromatic rings. The lowest BCUT2D eigenvalue weighted by Crippen LogP contribution is -2.55. The van der Waals surface area contributed by atoms with Crippen LogP contribution >= 0.6 is 0 Å². The van der Waals surface area contributed by atoms with E-state index in [2.05, 4.69) is 10.6 Å². The Bertz CT molecular complexity index is 428. The predicted molar refractivity (Wildman–Crippen MR) is 77.6 cm³/mol. The summed E-state index contributed by atoms with van der Waals surface area (Å²) in [5.41, 5.74) is 5.27. The van der Waals surface area contributed by atoms with Crippen molar-refractivity contribution in [3.63, 3.8) is 0 Å². The minimum absolute atomic E-state index is 0.100. The highest BCUT2D eigenvalue weighted by Crippen LogP contribution is 2.10. The standard InChI is InChI=1S/C14H24N4O3/c1-8(2)7-11(17-10(4)19)14(21)18-12(13(16)20)9(3)5-6-15/h8-9,11-12H,5,7H2,1-4H3,(H2,16,20)(H,17,19)(H,18,21)/t9-,11-,12+/m0/s1. The Kier molecular flexibility index (Phi) is 8.06. The molecule has 3 amide bonds. The fraction of sp³-hybridized carbons (Fsp3) is 0.714. The molecule has 0 aromatic heterocycles. The van der Waals surface area contributed by atoms with E-state index >= 15 is 0 Å². The normalized spacial score (nSPS) is 14.7. The van der Waals surface area contributed by atoms with Crippen LogP contribution in [-0.4, -0.2) is 29.8 Å². The molecule has 0 unspecified atom stereocenters. The second-order valence-electron chi connectivity index (χ2n) is 5.61. The van der Waals surface area contributed by atoms with Crippen molar-refractivity contribution in [2.45, 2.75) is 52.6 Å². The van der Waals surface area contributed by atoms with Crippen molar-refractivity contribution in [3.8, 4) is 6.07 Å². The van der Waals surface area contributed by atoms with Crippen LogP contribution in [0.1, 0.15) is 40.5 Å². The lowest BCUT2D eigenvalue weighted by atomic mass is 9.97. The van der Waals surface area contributed by atoms with Gasteiger partial charge in [0.05, 0.1) is 6.07 Å². The molecular weight excluding hydrogens is 272 g/mol. The maximum absolute atomic E-state index is 12.2. The molecule has 4 N–H and O–H groups in total. The summed E-state index contributed by atoms with van der Waals surface area (Å²) in [6, 6.07) is 0.287. The minimum Gasteiger partial charge on any atom is -0.368 e. The maximum atomic E-state index is 12.2. The van der Waals surface area contributed by atoms with E-state index in [4.69, 9.17) is 11.0 Å². The molecule has 0 radical (unpaired) electrons. The van der Waals surface area contributed by atoms with Crippen molar-refractivity contribution in [1.29, 1.82) is 5.26 Å². The molecule has 0 saturated heterocycles. The number of nitrogens with zero attached hydrogens (tertiary/aromatic N) is 1. The summed E-state index contributed by atoms with van der Waals surface area (Å²) in [6.45, 7) is 6.83. The number of carbonyl (C=O) groups is 3. The summed E-state index contributed by atoms with van der Waals surface area (Å²) in [6.07, 6.45) is 0.548. The second kappa shape index (κ2) is 8.95. The van der Waals surface area contributed by atoms with Crippen molar-refractivity contribution in [1.82, 2.24) is 10.6 Å². The van der Waals surface area contributed by atoms with Gasteiger partial charge in [0.1, 0.15) is 12.1 Å². The van der Waals surface area contributed by atoms with E-state index in [1.54, 1.807) is 6.92 Å². The molecular formula is C14H24N4O3. The zero-order chi connectivity index (χ0) is 16.6. The van der Waals surface area contributed by atoms with Gasteiger partial charge in [-0.25, -0.2) is 0 Å². The lowest BCUT2D eigenvalue weighted by molar-refractivity contribution is -0.131. The highest BCUT2D eigenvalue weighted by atomic mass is 16.2. The van der Waals surface area contributed by atoms with Gasteiger partial charge in [0, 0.05) is 13.3 Å². The van der Waals surface area contributed by atoms with Crippen LogP contribution < -0.4 is 16.4 Å². The molecule has 0 aliphatic rings. The summed E-state index contributed by atoms with van der Waals surface area (Å²) >= 11 is 0. The number of primary amides is 1. The average Bonchev–Trinajstić information content (AvgIpc) is 2.33.